The molecule has 1 heterocycles. The molecule has 0 saturated carbocycles. The Morgan fingerprint density at radius 1 is 1.29 bits per heavy atom. The van der Waals surface area contributed by atoms with Gasteiger partial charge in [0.1, 0.15) is 0 Å². The first-order chi connectivity index (χ1) is 8.19. The van der Waals surface area contributed by atoms with Crippen molar-refractivity contribution in [1.82, 2.24) is 4.57 Å². The Hall–Kier alpha value is -1.58. The molecule has 0 bridgehead atoms. The summed E-state index contributed by atoms with van der Waals surface area (Å²) in [5, 5.41) is 3.19. The molecule has 0 spiro atoms. The molecular weight excluding hydrogens is 214 g/mol. The van der Waals surface area contributed by atoms with Gasteiger partial charge in [0.25, 0.3) is 5.56 Å². The van der Waals surface area contributed by atoms with Crippen LogP contribution >= 0.6 is 0 Å². The Balaban J connectivity index is 2.79. The lowest BCUT2D eigenvalue weighted by atomic mass is 10.4. The van der Waals surface area contributed by atoms with Gasteiger partial charge in [-0.3, -0.25) is 13.9 Å². The van der Waals surface area contributed by atoms with Crippen LogP contribution in [-0.2, 0) is 7.05 Å². The lowest BCUT2D eigenvalue weighted by Gasteiger charge is -2.06. The second-order valence-electron chi connectivity index (χ2n) is 4.12. The first-order valence-electron chi connectivity index (χ1n) is 6.19. The van der Waals surface area contributed by atoms with E-state index in [0.717, 1.165) is 31.7 Å². The van der Waals surface area contributed by atoms with Crippen LogP contribution in [0.4, 0.5) is 5.82 Å². The van der Waals surface area contributed by atoms with E-state index in [9.17, 15) is 4.79 Å². The second-order valence-corrected chi connectivity index (χ2v) is 4.12. The molecule has 0 aliphatic rings. The topological polar surface area (TPSA) is 37.0 Å². The maximum atomic E-state index is 11.4. The zero-order valence-electron chi connectivity index (χ0n) is 10.9. The van der Waals surface area contributed by atoms with Crippen molar-refractivity contribution in [3.05, 3.63) is 28.6 Å². The molecule has 0 unspecified atom stereocenters. The SMILES string of the molecule is CCC[N+](=CNc1cccc(=O)n1C)CCC. The van der Waals surface area contributed by atoms with Crippen molar-refractivity contribution in [1.29, 1.82) is 0 Å². The van der Waals surface area contributed by atoms with Crippen molar-refractivity contribution in [2.24, 2.45) is 7.05 Å². The molecule has 1 N–H and O–H groups in total. The van der Waals surface area contributed by atoms with E-state index in [-0.39, 0.29) is 5.56 Å². The van der Waals surface area contributed by atoms with Crippen LogP contribution in [0.5, 0.6) is 0 Å². The monoisotopic (exact) mass is 236 g/mol. The number of nitrogens with one attached hydrogen (secondary N) is 1. The molecule has 4 nitrogen and oxygen atoms in total. The van der Waals surface area contributed by atoms with E-state index in [1.54, 1.807) is 23.7 Å². The predicted octanol–water partition coefficient (Wildman–Crippen LogP) is 1.66. The zero-order chi connectivity index (χ0) is 12.7. The van der Waals surface area contributed by atoms with Gasteiger partial charge in [-0.05, 0) is 12.8 Å². The lowest BCUT2D eigenvalue weighted by Crippen LogP contribution is -2.23. The third-order valence-corrected chi connectivity index (χ3v) is 2.60. The van der Waals surface area contributed by atoms with Gasteiger partial charge in [-0.2, -0.15) is 0 Å². The van der Waals surface area contributed by atoms with Gasteiger partial charge in [0.15, 0.2) is 0 Å². The van der Waals surface area contributed by atoms with Gasteiger partial charge in [0.05, 0.1) is 13.1 Å². The van der Waals surface area contributed by atoms with Crippen molar-refractivity contribution in [3.63, 3.8) is 0 Å². The molecule has 0 atom stereocenters. The summed E-state index contributed by atoms with van der Waals surface area (Å²) in [5.41, 5.74) is 0.000864. The highest BCUT2D eigenvalue weighted by molar-refractivity contribution is 5.69. The first kappa shape index (κ1) is 13.5. The summed E-state index contributed by atoms with van der Waals surface area (Å²) in [5.74, 6) is 0.815. The van der Waals surface area contributed by atoms with E-state index < -0.39 is 0 Å². The predicted molar refractivity (Wildman–Crippen MR) is 71.9 cm³/mol. The summed E-state index contributed by atoms with van der Waals surface area (Å²) >= 11 is 0. The lowest BCUT2D eigenvalue weighted by molar-refractivity contribution is -0.523. The highest BCUT2D eigenvalue weighted by Gasteiger charge is 2.02. The van der Waals surface area contributed by atoms with Gasteiger partial charge in [0.2, 0.25) is 12.2 Å². The number of hydrogen-bond acceptors (Lipinski definition) is 1. The second kappa shape index (κ2) is 6.89. The molecule has 0 amide bonds. The van der Waals surface area contributed by atoms with Gasteiger partial charge in [0, 0.05) is 19.2 Å². The molecule has 17 heavy (non-hydrogen) atoms. The Kier molecular flexibility index (Phi) is 5.46. The number of nitrogens with zero attached hydrogens (tertiary/aromatic N) is 2. The number of aromatic nitrogens is 1. The standard InChI is InChI=1S/C13H21N3O/c1-4-9-16(10-5-2)11-14-12-7-6-8-13(17)15(12)3/h6-8,11H,4-5,9-10H2,1-3H3/p+1. The first-order valence-corrected chi connectivity index (χ1v) is 6.19. The van der Waals surface area contributed by atoms with Crippen molar-refractivity contribution in [3.8, 4) is 0 Å². The highest BCUT2D eigenvalue weighted by atomic mass is 16.1. The molecule has 4 heteroatoms. The smallest absolute Gasteiger partial charge is 0.253 e. The summed E-state index contributed by atoms with van der Waals surface area (Å²) in [6.07, 6.45) is 4.19. The van der Waals surface area contributed by atoms with Crippen molar-refractivity contribution < 1.29 is 4.58 Å². The van der Waals surface area contributed by atoms with E-state index in [1.165, 1.54) is 0 Å². The van der Waals surface area contributed by atoms with Crippen LogP contribution in [-0.4, -0.2) is 28.6 Å². The summed E-state index contributed by atoms with van der Waals surface area (Å²) in [6.45, 7) is 6.38. The molecule has 0 aliphatic heterocycles. The number of hydrogen-bond donors (Lipinski definition) is 1. The van der Waals surface area contributed by atoms with Crippen LogP contribution in [0.15, 0.2) is 23.0 Å². The van der Waals surface area contributed by atoms with Crippen molar-refractivity contribution in [2.75, 3.05) is 18.4 Å². The minimum absolute atomic E-state index is 0.000864. The quantitative estimate of drug-likeness (QED) is 0.463. The molecule has 1 rings (SSSR count). The summed E-state index contributed by atoms with van der Waals surface area (Å²) in [6, 6.07) is 5.22. The fraction of sp³-hybridized carbons (Fsp3) is 0.538. The fourth-order valence-corrected chi connectivity index (χ4v) is 1.68. The molecule has 94 valence electrons. The number of anilines is 1. The minimum Gasteiger partial charge on any atom is -0.279 e. The number of rotatable bonds is 6. The van der Waals surface area contributed by atoms with Gasteiger partial charge in [-0.25, -0.2) is 5.32 Å². The van der Waals surface area contributed by atoms with E-state index >= 15 is 0 Å². The van der Waals surface area contributed by atoms with Crippen LogP contribution in [0.25, 0.3) is 0 Å². The van der Waals surface area contributed by atoms with Crippen molar-refractivity contribution >= 4 is 12.2 Å². The zero-order valence-corrected chi connectivity index (χ0v) is 10.9. The molecule has 0 saturated heterocycles. The van der Waals surface area contributed by atoms with E-state index in [2.05, 4.69) is 23.7 Å². The van der Waals surface area contributed by atoms with Gasteiger partial charge >= 0.3 is 0 Å². The Morgan fingerprint density at radius 2 is 1.94 bits per heavy atom. The minimum atomic E-state index is 0.000864. The molecule has 0 fully saturated rings. The van der Waals surface area contributed by atoms with Crippen LogP contribution in [0.2, 0.25) is 0 Å². The Bertz CT molecular complexity index is 427. The molecule has 0 radical (unpaired) electrons. The molecule has 1 aromatic rings. The molecule has 0 aromatic carbocycles. The van der Waals surface area contributed by atoms with E-state index in [0.29, 0.717) is 0 Å². The molecule has 1 aromatic heterocycles. The molecular formula is C13H22N3O+. The maximum Gasteiger partial charge on any atom is 0.253 e. The fourth-order valence-electron chi connectivity index (χ4n) is 1.68. The molecule has 0 aliphatic carbocycles. The van der Waals surface area contributed by atoms with Gasteiger partial charge in [-0.1, -0.05) is 19.9 Å². The van der Waals surface area contributed by atoms with Crippen LogP contribution in [0.1, 0.15) is 26.7 Å². The van der Waals surface area contributed by atoms with Crippen molar-refractivity contribution in [2.45, 2.75) is 26.7 Å². The maximum absolute atomic E-state index is 11.4. The normalized spacial score (nSPS) is 10.1. The summed E-state index contributed by atoms with van der Waals surface area (Å²) in [7, 11) is 1.77. The van der Waals surface area contributed by atoms with Crippen LogP contribution in [0, 0.1) is 0 Å². The third-order valence-electron chi connectivity index (χ3n) is 2.60. The largest absolute Gasteiger partial charge is 0.279 e. The van der Waals surface area contributed by atoms with Gasteiger partial charge in [-0.15, -0.1) is 0 Å². The van der Waals surface area contributed by atoms with Crippen LogP contribution in [0.3, 0.4) is 0 Å². The number of pyridine rings is 1. The summed E-state index contributed by atoms with van der Waals surface area (Å²) in [4.78, 5) is 11.4. The van der Waals surface area contributed by atoms with E-state index in [1.807, 2.05) is 12.4 Å². The Morgan fingerprint density at radius 3 is 2.53 bits per heavy atom. The van der Waals surface area contributed by atoms with E-state index in [4.69, 9.17) is 0 Å². The third kappa shape index (κ3) is 4.06. The average molecular weight is 236 g/mol. The highest BCUT2D eigenvalue weighted by Crippen LogP contribution is 1.99. The Labute approximate surface area is 103 Å². The van der Waals surface area contributed by atoms with Gasteiger partial charge < -0.3 is 0 Å². The summed E-state index contributed by atoms with van der Waals surface area (Å²) < 4.78 is 3.84. The van der Waals surface area contributed by atoms with Crippen LogP contribution < -0.4 is 10.9 Å². The average Bonchev–Trinajstić information content (AvgIpc) is 2.31.